The molecule has 4 heteroatoms. The van der Waals surface area contributed by atoms with Crippen LogP contribution in [0, 0.1) is 0 Å². The van der Waals surface area contributed by atoms with Gasteiger partial charge < -0.3 is 14.8 Å². The highest BCUT2D eigenvalue weighted by molar-refractivity contribution is 5.99. The summed E-state index contributed by atoms with van der Waals surface area (Å²) in [7, 11) is 0. The molecule has 23 heavy (non-hydrogen) atoms. The standard InChI is InChI=1S/C19H22N2O2/c1-2-5-18(6-3-1)23-14-13-22-15-16-7-9-17(10-8-16)19-20-11-4-12-21-19/h1-3,5-10H,4,11-15H2,(H,20,21). The second-order valence-corrected chi connectivity index (χ2v) is 5.42. The highest BCUT2D eigenvalue weighted by atomic mass is 16.5. The molecule has 2 aromatic carbocycles. The fourth-order valence-electron chi connectivity index (χ4n) is 2.41. The van der Waals surface area contributed by atoms with Crippen LogP contribution in [-0.4, -0.2) is 32.1 Å². The van der Waals surface area contributed by atoms with E-state index in [0.717, 1.165) is 42.2 Å². The predicted octanol–water partition coefficient (Wildman–Crippen LogP) is 3.02. The molecule has 0 saturated heterocycles. The lowest BCUT2D eigenvalue weighted by Crippen LogP contribution is -2.30. The van der Waals surface area contributed by atoms with Crippen molar-refractivity contribution in [1.29, 1.82) is 0 Å². The first-order valence-electron chi connectivity index (χ1n) is 8.05. The average molecular weight is 310 g/mol. The number of nitrogens with one attached hydrogen (secondary N) is 1. The van der Waals surface area contributed by atoms with Crippen LogP contribution in [-0.2, 0) is 11.3 Å². The molecule has 1 heterocycles. The fraction of sp³-hybridized carbons (Fsp3) is 0.316. The summed E-state index contributed by atoms with van der Waals surface area (Å²) in [6, 6.07) is 18.2. The first-order valence-corrected chi connectivity index (χ1v) is 8.05. The summed E-state index contributed by atoms with van der Waals surface area (Å²) in [5, 5.41) is 3.33. The van der Waals surface area contributed by atoms with E-state index >= 15 is 0 Å². The van der Waals surface area contributed by atoms with Crippen LogP contribution in [0.3, 0.4) is 0 Å². The SMILES string of the molecule is c1ccc(OCCOCc2ccc(C3=NCCCN3)cc2)cc1. The molecule has 0 aliphatic carbocycles. The van der Waals surface area contributed by atoms with E-state index in [0.29, 0.717) is 19.8 Å². The molecule has 1 aliphatic rings. The van der Waals surface area contributed by atoms with Crippen LogP contribution in [0.2, 0.25) is 0 Å². The number of hydrogen-bond acceptors (Lipinski definition) is 4. The largest absolute Gasteiger partial charge is 0.491 e. The fourth-order valence-corrected chi connectivity index (χ4v) is 2.41. The third kappa shape index (κ3) is 4.83. The van der Waals surface area contributed by atoms with Gasteiger partial charge in [0.1, 0.15) is 18.2 Å². The molecule has 2 aromatic rings. The highest BCUT2D eigenvalue weighted by Crippen LogP contribution is 2.09. The summed E-state index contributed by atoms with van der Waals surface area (Å²) in [5.41, 5.74) is 2.30. The summed E-state index contributed by atoms with van der Waals surface area (Å²) in [4.78, 5) is 4.50. The van der Waals surface area contributed by atoms with Crippen LogP contribution in [0.4, 0.5) is 0 Å². The van der Waals surface area contributed by atoms with Crippen molar-refractivity contribution in [3.63, 3.8) is 0 Å². The quantitative estimate of drug-likeness (QED) is 0.799. The molecule has 0 spiro atoms. The summed E-state index contributed by atoms with van der Waals surface area (Å²) in [5.74, 6) is 1.88. The number of benzene rings is 2. The second-order valence-electron chi connectivity index (χ2n) is 5.42. The van der Waals surface area contributed by atoms with Gasteiger partial charge in [0.15, 0.2) is 0 Å². The Kier molecular flexibility index (Phi) is 5.64. The van der Waals surface area contributed by atoms with Gasteiger partial charge >= 0.3 is 0 Å². The highest BCUT2D eigenvalue weighted by Gasteiger charge is 2.06. The molecule has 3 rings (SSSR count). The lowest BCUT2D eigenvalue weighted by atomic mass is 10.1. The molecule has 0 bridgehead atoms. The van der Waals surface area contributed by atoms with Gasteiger partial charge in [-0.05, 0) is 24.1 Å². The zero-order valence-corrected chi connectivity index (χ0v) is 13.2. The number of ether oxygens (including phenoxy) is 2. The minimum Gasteiger partial charge on any atom is -0.491 e. The molecule has 1 aliphatic heterocycles. The predicted molar refractivity (Wildman–Crippen MR) is 92.1 cm³/mol. The summed E-state index contributed by atoms with van der Waals surface area (Å²) in [6.07, 6.45) is 1.11. The van der Waals surface area contributed by atoms with Crippen LogP contribution in [0.1, 0.15) is 17.5 Å². The van der Waals surface area contributed by atoms with Gasteiger partial charge in [0.25, 0.3) is 0 Å². The van der Waals surface area contributed by atoms with Crippen molar-refractivity contribution in [3.05, 3.63) is 65.7 Å². The normalized spacial score (nSPS) is 14.0. The van der Waals surface area contributed by atoms with E-state index in [1.165, 1.54) is 0 Å². The molecule has 0 unspecified atom stereocenters. The van der Waals surface area contributed by atoms with E-state index in [-0.39, 0.29) is 0 Å². The van der Waals surface area contributed by atoms with Crippen LogP contribution in [0.15, 0.2) is 59.6 Å². The number of rotatable bonds is 7. The molecular formula is C19H22N2O2. The van der Waals surface area contributed by atoms with E-state index in [4.69, 9.17) is 9.47 Å². The number of nitrogens with zero attached hydrogens (tertiary/aromatic N) is 1. The maximum absolute atomic E-state index is 5.66. The zero-order chi connectivity index (χ0) is 15.7. The Labute approximate surface area is 137 Å². The van der Waals surface area contributed by atoms with Crippen LogP contribution < -0.4 is 10.1 Å². The minimum atomic E-state index is 0.558. The molecular weight excluding hydrogens is 288 g/mol. The van der Waals surface area contributed by atoms with E-state index in [9.17, 15) is 0 Å². The Balaban J connectivity index is 1.39. The van der Waals surface area contributed by atoms with Crippen molar-refractivity contribution in [3.8, 4) is 5.75 Å². The third-order valence-electron chi connectivity index (χ3n) is 3.63. The van der Waals surface area contributed by atoms with E-state index in [1.54, 1.807) is 0 Å². The molecule has 1 N–H and O–H groups in total. The van der Waals surface area contributed by atoms with Gasteiger partial charge in [0, 0.05) is 18.7 Å². The smallest absolute Gasteiger partial charge is 0.128 e. The number of hydrogen-bond donors (Lipinski definition) is 1. The third-order valence-corrected chi connectivity index (χ3v) is 3.63. The molecule has 0 atom stereocenters. The van der Waals surface area contributed by atoms with Crippen molar-refractivity contribution in [2.75, 3.05) is 26.3 Å². The van der Waals surface area contributed by atoms with Gasteiger partial charge in [-0.1, -0.05) is 42.5 Å². The Bertz CT molecular complexity index is 624. The zero-order valence-electron chi connectivity index (χ0n) is 13.2. The Morgan fingerprint density at radius 3 is 2.52 bits per heavy atom. The molecule has 0 amide bonds. The van der Waals surface area contributed by atoms with Gasteiger partial charge in [-0.25, -0.2) is 0 Å². The number of para-hydroxylation sites is 1. The van der Waals surface area contributed by atoms with Crippen molar-refractivity contribution < 1.29 is 9.47 Å². The summed E-state index contributed by atoms with van der Waals surface area (Å²) in [6.45, 7) is 3.64. The molecule has 0 radical (unpaired) electrons. The van der Waals surface area contributed by atoms with Crippen molar-refractivity contribution in [1.82, 2.24) is 5.32 Å². The number of amidine groups is 1. The Morgan fingerprint density at radius 2 is 1.78 bits per heavy atom. The van der Waals surface area contributed by atoms with Gasteiger partial charge in [-0.15, -0.1) is 0 Å². The second kappa shape index (κ2) is 8.34. The number of aliphatic imine (C=N–C) groups is 1. The summed E-state index contributed by atoms with van der Waals surface area (Å²) >= 11 is 0. The van der Waals surface area contributed by atoms with Gasteiger partial charge in [-0.2, -0.15) is 0 Å². The summed E-state index contributed by atoms with van der Waals surface area (Å²) < 4.78 is 11.2. The van der Waals surface area contributed by atoms with Crippen LogP contribution in [0.5, 0.6) is 5.75 Å². The Hall–Kier alpha value is -2.33. The first-order chi connectivity index (χ1) is 11.4. The topological polar surface area (TPSA) is 42.9 Å². The maximum atomic E-state index is 5.66. The molecule has 0 aromatic heterocycles. The maximum Gasteiger partial charge on any atom is 0.128 e. The first kappa shape index (κ1) is 15.6. The molecule has 0 saturated carbocycles. The van der Waals surface area contributed by atoms with Gasteiger partial charge in [0.05, 0.1) is 13.2 Å². The Morgan fingerprint density at radius 1 is 0.957 bits per heavy atom. The van der Waals surface area contributed by atoms with E-state index < -0.39 is 0 Å². The molecule has 0 fully saturated rings. The lowest BCUT2D eigenvalue weighted by Gasteiger charge is -2.14. The minimum absolute atomic E-state index is 0.558. The van der Waals surface area contributed by atoms with Crippen molar-refractivity contribution in [2.24, 2.45) is 4.99 Å². The van der Waals surface area contributed by atoms with E-state index in [1.807, 2.05) is 30.3 Å². The van der Waals surface area contributed by atoms with Crippen molar-refractivity contribution in [2.45, 2.75) is 13.0 Å². The van der Waals surface area contributed by atoms with Gasteiger partial charge in [0.2, 0.25) is 0 Å². The van der Waals surface area contributed by atoms with Crippen LogP contribution >= 0.6 is 0 Å². The molecule has 4 nitrogen and oxygen atoms in total. The van der Waals surface area contributed by atoms with Crippen LogP contribution in [0.25, 0.3) is 0 Å². The van der Waals surface area contributed by atoms with Gasteiger partial charge in [-0.3, -0.25) is 4.99 Å². The molecule has 120 valence electrons. The monoisotopic (exact) mass is 310 g/mol. The average Bonchev–Trinajstić information content (AvgIpc) is 2.64. The lowest BCUT2D eigenvalue weighted by molar-refractivity contribution is 0.0889. The van der Waals surface area contributed by atoms with E-state index in [2.05, 4.69) is 34.6 Å². The van der Waals surface area contributed by atoms with Crippen molar-refractivity contribution >= 4 is 5.84 Å².